The number of ketones is 2. The van der Waals surface area contributed by atoms with Gasteiger partial charge in [-0.05, 0) is 24.1 Å². The van der Waals surface area contributed by atoms with Crippen LogP contribution in [0.2, 0.25) is 0 Å². The average molecular weight is 365 g/mol. The summed E-state index contributed by atoms with van der Waals surface area (Å²) in [5.74, 6) is 0.0972. The number of carbonyl (C=O) groups is 2. The van der Waals surface area contributed by atoms with E-state index < -0.39 is 5.92 Å². The van der Waals surface area contributed by atoms with Crippen LogP contribution in [0.5, 0.6) is 0 Å². The number of carbonyl (C=O) groups excluding carboxylic acids is 2. The van der Waals surface area contributed by atoms with Crippen molar-refractivity contribution in [2.24, 2.45) is 5.92 Å². The van der Waals surface area contributed by atoms with E-state index in [1.165, 1.54) is 0 Å². The number of fused-ring (bicyclic) bond motifs is 1. The lowest BCUT2D eigenvalue weighted by Gasteiger charge is -2.28. The molecule has 1 fully saturated rings. The van der Waals surface area contributed by atoms with Crippen molar-refractivity contribution in [3.63, 3.8) is 0 Å². The molecule has 0 amide bonds. The van der Waals surface area contributed by atoms with Crippen molar-refractivity contribution >= 4 is 34.4 Å². The lowest BCUT2D eigenvalue weighted by molar-refractivity contribution is -0.135. The molecule has 1 saturated carbocycles. The molecular formula is C20H19N3O2S. The molecule has 0 spiro atoms. The second kappa shape index (κ2) is 7.41. The van der Waals surface area contributed by atoms with Crippen LogP contribution in [0.15, 0.2) is 54.6 Å². The van der Waals surface area contributed by atoms with Gasteiger partial charge in [0.25, 0.3) is 0 Å². The molecule has 1 heterocycles. The van der Waals surface area contributed by atoms with Crippen molar-refractivity contribution in [2.75, 3.05) is 0 Å². The molecule has 132 valence electrons. The first-order chi connectivity index (χ1) is 12.7. The molecular weight excluding hydrogens is 346 g/mol. The number of aromatic nitrogens is 3. The highest BCUT2D eigenvalue weighted by Crippen LogP contribution is 2.41. The number of para-hydroxylation sites is 1. The molecule has 1 unspecified atom stereocenters. The Hall–Kier alpha value is -2.47. The standard InChI is InChI=1S/C20H19N3O2S/c24-17-11-6-12-18(25)19(17)20(14-7-2-1-3-8-14)26-13-23-16-10-5-4-9-15(16)21-22-23/h1-5,7-10,19-20H,6,11-13H2. The Labute approximate surface area is 155 Å². The fraction of sp³-hybridized carbons (Fsp3) is 0.300. The minimum absolute atomic E-state index is 0.0612. The van der Waals surface area contributed by atoms with Crippen LogP contribution in [0.3, 0.4) is 0 Å². The van der Waals surface area contributed by atoms with Crippen molar-refractivity contribution in [2.45, 2.75) is 30.4 Å². The van der Waals surface area contributed by atoms with Gasteiger partial charge in [-0.3, -0.25) is 9.59 Å². The fourth-order valence-corrected chi connectivity index (χ4v) is 4.79. The van der Waals surface area contributed by atoms with Gasteiger partial charge in [-0.15, -0.1) is 16.9 Å². The molecule has 0 aliphatic heterocycles. The predicted octanol–water partition coefficient (Wildman–Crippen LogP) is 3.80. The van der Waals surface area contributed by atoms with E-state index >= 15 is 0 Å². The van der Waals surface area contributed by atoms with Gasteiger partial charge in [0.2, 0.25) is 0 Å². The number of thioether (sulfide) groups is 1. The molecule has 2 aromatic carbocycles. The SMILES string of the molecule is O=C1CCCC(=O)C1C(SCn1nnc2ccccc21)c1ccccc1. The van der Waals surface area contributed by atoms with Gasteiger partial charge in [0.15, 0.2) is 0 Å². The van der Waals surface area contributed by atoms with E-state index in [9.17, 15) is 9.59 Å². The van der Waals surface area contributed by atoms with E-state index in [1.54, 1.807) is 11.8 Å². The first kappa shape index (κ1) is 17.0. The summed E-state index contributed by atoms with van der Waals surface area (Å²) in [5.41, 5.74) is 2.80. The van der Waals surface area contributed by atoms with E-state index in [1.807, 2.05) is 59.3 Å². The van der Waals surface area contributed by atoms with Gasteiger partial charge in [0.05, 0.1) is 17.3 Å². The number of hydrogen-bond acceptors (Lipinski definition) is 5. The quantitative estimate of drug-likeness (QED) is 0.644. The van der Waals surface area contributed by atoms with Crippen LogP contribution in [0.4, 0.5) is 0 Å². The molecule has 1 aliphatic rings. The summed E-state index contributed by atoms with van der Waals surface area (Å²) >= 11 is 1.58. The van der Waals surface area contributed by atoms with E-state index in [4.69, 9.17) is 0 Å². The van der Waals surface area contributed by atoms with Crippen molar-refractivity contribution in [1.29, 1.82) is 0 Å². The van der Waals surface area contributed by atoms with Gasteiger partial charge in [0.1, 0.15) is 17.1 Å². The van der Waals surface area contributed by atoms with Crippen molar-refractivity contribution in [3.8, 4) is 0 Å². The van der Waals surface area contributed by atoms with Crippen molar-refractivity contribution < 1.29 is 9.59 Å². The molecule has 26 heavy (non-hydrogen) atoms. The van der Waals surface area contributed by atoms with Crippen molar-refractivity contribution in [1.82, 2.24) is 15.0 Å². The summed E-state index contributed by atoms with van der Waals surface area (Å²) in [6.07, 6.45) is 1.66. The van der Waals surface area contributed by atoms with Crippen LogP contribution < -0.4 is 0 Å². The minimum atomic E-state index is -0.564. The Morgan fingerprint density at radius 1 is 1.00 bits per heavy atom. The van der Waals surface area contributed by atoms with E-state index in [0.717, 1.165) is 16.6 Å². The van der Waals surface area contributed by atoms with Gasteiger partial charge in [0, 0.05) is 18.1 Å². The van der Waals surface area contributed by atoms with Crippen molar-refractivity contribution in [3.05, 3.63) is 60.2 Å². The van der Waals surface area contributed by atoms with Crippen LogP contribution in [-0.4, -0.2) is 26.6 Å². The minimum Gasteiger partial charge on any atom is -0.299 e. The van der Waals surface area contributed by atoms with Gasteiger partial charge in [-0.25, -0.2) is 4.68 Å². The van der Waals surface area contributed by atoms with Gasteiger partial charge >= 0.3 is 0 Å². The Balaban J connectivity index is 1.63. The number of Topliss-reactive ketones (excluding diaryl/α,β-unsaturated/α-hetero) is 2. The maximum atomic E-state index is 12.5. The maximum Gasteiger partial charge on any atom is 0.144 e. The van der Waals surface area contributed by atoms with Crippen LogP contribution in [0.25, 0.3) is 11.0 Å². The molecule has 5 nitrogen and oxygen atoms in total. The van der Waals surface area contributed by atoms with Crippen LogP contribution >= 0.6 is 11.8 Å². The summed E-state index contributed by atoms with van der Waals surface area (Å²) in [4.78, 5) is 25.0. The molecule has 6 heteroatoms. The summed E-state index contributed by atoms with van der Waals surface area (Å²) in [6, 6.07) is 17.6. The third-order valence-electron chi connectivity index (χ3n) is 4.77. The molecule has 0 radical (unpaired) electrons. The smallest absolute Gasteiger partial charge is 0.144 e. The largest absolute Gasteiger partial charge is 0.299 e. The molecule has 3 aromatic rings. The van der Waals surface area contributed by atoms with E-state index in [0.29, 0.717) is 25.1 Å². The number of rotatable bonds is 5. The first-order valence-electron chi connectivity index (χ1n) is 8.74. The molecule has 0 N–H and O–H groups in total. The van der Waals surface area contributed by atoms with E-state index in [-0.39, 0.29) is 16.8 Å². The highest BCUT2D eigenvalue weighted by Gasteiger charge is 2.37. The topological polar surface area (TPSA) is 64.8 Å². The average Bonchev–Trinajstić information content (AvgIpc) is 3.08. The maximum absolute atomic E-state index is 12.5. The number of hydrogen-bond donors (Lipinski definition) is 0. The predicted molar refractivity (Wildman–Crippen MR) is 102 cm³/mol. The number of benzene rings is 2. The highest BCUT2D eigenvalue weighted by atomic mass is 32.2. The number of nitrogens with zero attached hydrogens (tertiary/aromatic N) is 3. The summed E-state index contributed by atoms with van der Waals surface area (Å²) in [7, 11) is 0. The Kier molecular flexibility index (Phi) is 4.84. The fourth-order valence-electron chi connectivity index (χ4n) is 3.46. The van der Waals surface area contributed by atoms with Gasteiger partial charge in [-0.2, -0.15) is 0 Å². The van der Waals surface area contributed by atoms with E-state index in [2.05, 4.69) is 10.3 Å². The normalized spacial score (nSPS) is 16.9. The molecule has 1 atom stereocenters. The lowest BCUT2D eigenvalue weighted by atomic mass is 9.82. The third-order valence-corrected chi connectivity index (χ3v) is 6.06. The highest BCUT2D eigenvalue weighted by molar-refractivity contribution is 7.98. The molecule has 0 bridgehead atoms. The molecule has 1 aromatic heterocycles. The molecule has 1 aliphatic carbocycles. The zero-order chi connectivity index (χ0) is 17.9. The summed E-state index contributed by atoms with van der Waals surface area (Å²) in [5, 5.41) is 8.20. The van der Waals surface area contributed by atoms with Crippen LogP contribution in [-0.2, 0) is 15.5 Å². The first-order valence-corrected chi connectivity index (χ1v) is 9.79. The second-order valence-electron chi connectivity index (χ2n) is 6.47. The second-order valence-corrected chi connectivity index (χ2v) is 7.57. The zero-order valence-corrected chi connectivity index (χ0v) is 15.1. The molecule has 4 rings (SSSR count). The Morgan fingerprint density at radius 3 is 2.46 bits per heavy atom. The van der Waals surface area contributed by atoms with Crippen LogP contribution in [0.1, 0.15) is 30.1 Å². The molecule has 0 saturated heterocycles. The third kappa shape index (κ3) is 3.29. The van der Waals surface area contributed by atoms with Crippen LogP contribution in [0, 0.1) is 5.92 Å². The summed E-state index contributed by atoms with van der Waals surface area (Å²) in [6.45, 7) is 0. The lowest BCUT2D eigenvalue weighted by Crippen LogP contribution is -2.32. The Bertz CT molecular complexity index is 922. The van der Waals surface area contributed by atoms with Gasteiger partial charge < -0.3 is 0 Å². The Morgan fingerprint density at radius 2 is 1.69 bits per heavy atom. The van der Waals surface area contributed by atoms with Gasteiger partial charge in [-0.1, -0.05) is 47.7 Å². The zero-order valence-electron chi connectivity index (χ0n) is 14.2. The summed E-state index contributed by atoms with van der Waals surface area (Å²) < 4.78 is 1.83. The monoisotopic (exact) mass is 365 g/mol.